The van der Waals surface area contributed by atoms with E-state index in [1.165, 1.54) is 8.88 Å². The molecule has 20 heavy (non-hydrogen) atoms. The lowest BCUT2D eigenvalue weighted by Crippen LogP contribution is -2.03. The third-order valence-corrected chi connectivity index (χ3v) is 12.3. The maximum atomic E-state index is 5.89. The van der Waals surface area contributed by atoms with Crippen LogP contribution in [0, 0.1) is 0 Å². The van der Waals surface area contributed by atoms with Crippen molar-refractivity contribution in [2.75, 3.05) is 8.88 Å². The topological polar surface area (TPSA) is 6.48 Å². The van der Waals surface area contributed by atoms with Gasteiger partial charge in [0.15, 0.2) is 27.1 Å². The monoisotopic (exact) mass is 508 g/mol. The summed E-state index contributed by atoms with van der Waals surface area (Å²) in [6.45, 7) is -5.99. The van der Waals surface area contributed by atoms with E-state index in [1.807, 2.05) is 0 Å². The van der Waals surface area contributed by atoms with Crippen molar-refractivity contribution in [2.45, 2.75) is 0 Å². The molecule has 0 saturated heterocycles. The Morgan fingerprint density at radius 3 is 0.850 bits per heavy atom. The van der Waals surface area contributed by atoms with Gasteiger partial charge < -0.3 is 0 Å². The van der Waals surface area contributed by atoms with Crippen LogP contribution in [0.4, 0.5) is 11.4 Å². The average Bonchev–Trinajstić information content (AvgIpc) is 2.29. The lowest BCUT2D eigenvalue weighted by molar-refractivity contribution is 1.55. The summed E-state index contributed by atoms with van der Waals surface area (Å²) < 4.78 is 3.05. The molecule has 1 aromatic rings. The SMILES string of the molecule is ClP(Cl)N(c1ccc(N(P(Cl)Cl)P(Cl)Cl)cc1)P(Cl)Cl. The van der Waals surface area contributed by atoms with Gasteiger partial charge in [-0.25, -0.2) is 0 Å². The molecule has 2 nitrogen and oxygen atoms in total. The normalized spacial score (nSPS) is 11.8. The summed E-state index contributed by atoms with van der Waals surface area (Å²) in [7, 11) is 0. The van der Waals surface area contributed by atoms with Crippen LogP contribution in [0.2, 0.25) is 0 Å². The molecule has 1 aromatic carbocycles. The second kappa shape index (κ2) is 9.99. The molecule has 0 bridgehead atoms. The molecule has 0 heterocycles. The average molecular weight is 512 g/mol. The molecular formula is C6H4Cl8N2P4. The van der Waals surface area contributed by atoms with E-state index in [1.54, 1.807) is 24.3 Å². The molecular weight excluding hydrogens is 508 g/mol. The summed E-state index contributed by atoms with van der Waals surface area (Å²) in [6, 6.07) is 6.95. The lowest BCUT2D eigenvalue weighted by Gasteiger charge is -2.27. The zero-order chi connectivity index (χ0) is 15.4. The van der Waals surface area contributed by atoms with E-state index in [9.17, 15) is 0 Å². The van der Waals surface area contributed by atoms with Gasteiger partial charge in [0.2, 0.25) is 0 Å². The molecule has 0 saturated carbocycles. The van der Waals surface area contributed by atoms with Gasteiger partial charge in [0.1, 0.15) is 0 Å². The molecule has 0 radical (unpaired) electrons. The molecule has 0 aromatic heterocycles. The van der Waals surface area contributed by atoms with Crippen molar-refractivity contribution < 1.29 is 0 Å². The van der Waals surface area contributed by atoms with Gasteiger partial charge in [0.05, 0.1) is 0 Å². The van der Waals surface area contributed by atoms with Crippen molar-refractivity contribution in [3.05, 3.63) is 24.3 Å². The highest BCUT2D eigenvalue weighted by atomic mass is 35.9. The third kappa shape index (κ3) is 6.06. The summed E-state index contributed by atoms with van der Waals surface area (Å²) >= 11 is 47.1. The first-order chi connectivity index (χ1) is 9.25. The molecule has 14 heteroatoms. The largest absolute Gasteiger partial charge is 0.279 e. The van der Waals surface area contributed by atoms with Crippen LogP contribution in [0.1, 0.15) is 0 Å². The standard InChI is InChI=1S/C6H4Cl8N2P4/c7-17(8)15(18(9)10)5-1-2-6(4-3-5)16(19(11)12)20(13)14/h1-4H. The quantitative estimate of drug-likeness (QED) is 0.351. The Hall–Kier alpha value is 2.86. The number of hydrogen-bond acceptors (Lipinski definition) is 2. The summed E-state index contributed by atoms with van der Waals surface area (Å²) in [5.41, 5.74) is 1.37. The van der Waals surface area contributed by atoms with Gasteiger partial charge >= 0.3 is 0 Å². The Labute approximate surface area is 160 Å². The molecule has 0 aliphatic rings. The number of rotatable bonds is 6. The smallest absolute Gasteiger partial charge is 0.192 e. The third-order valence-electron chi connectivity index (χ3n) is 1.88. The summed E-state index contributed by atoms with van der Waals surface area (Å²) in [4.78, 5) is 0. The minimum Gasteiger partial charge on any atom is -0.279 e. The summed E-state index contributed by atoms with van der Waals surface area (Å²) in [5, 5.41) is 0. The number of nitrogens with zero attached hydrogens (tertiary/aromatic N) is 2. The zero-order valence-corrected chi connectivity index (χ0v) is 18.6. The molecule has 114 valence electrons. The van der Waals surface area contributed by atoms with E-state index in [2.05, 4.69) is 0 Å². The molecule has 0 unspecified atom stereocenters. The van der Waals surface area contributed by atoms with Gasteiger partial charge in [0, 0.05) is 11.4 Å². The highest BCUT2D eigenvalue weighted by Gasteiger charge is 2.25. The predicted molar refractivity (Wildman–Crippen MR) is 106 cm³/mol. The molecule has 0 aliphatic carbocycles. The molecule has 0 spiro atoms. The molecule has 0 atom stereocenters. The molecule has 0 amide bonds. The number of halogens is 8. The maximum Gasteiger partial charge on any atom is 0.192 e. The van der Waals surface area contributed by atoms with Crippen LogP contribution in [-0.2, 0) is 0 Å². The van der Waals surface area contributed by atoms with Gasteiger partial charge in [-0.2, -0.15) is 0 Å². The summed E-state index contributed by atoms with van der Waals surface area (Å²) in [5.74, 6) is 0. The van der Waals surface area contributed by atoms with Gasteiger partial charge in [-0.05, 0) is 24.3 Å². The molecule has 0 aliphatic heterocycles. The summed E-state index contributed by atoms with van der Waals surface area (Å²) in [6.07, 6.45) is 0. The Bertz CT molecular complexity index is 363. The molecule has 0 fully saturated rings. The molecule has 1 rings (SSSR count). The number of hydrogen-bond donors (Lipinski definition) is 0. The minimum absolute atomic E-state index is 0.683. The molecule has 0 N–H and O–H groups in total. The second-order valence-corrected chi connectivity index (χ2v) is 16.7. The van der Waals surface area contributed by atoms with Crippen LogP contribution in [0.25, 0.3) is 0 Å². The van der Waals surface area contributed by atoms with Gasteiger partial charge in [-0.1, -0.05) is 89.9 Å². The van der Waals surface area contributed by atoms with Gasteiger partial charge in [-0.15, -0.1) is 0 Å². The van der Waals surface area contributed by atoms with Crippen molar-refractivity contribution in [3.63, 3.8) is 0 Å². The Morgan fingerprint density at radius 2 is 0.700 bits per heavy atom. The number of benzene rings is 1. The van der Waals surface area contributed by atoms with E-state index in [0.717, 1.165) is 0 Å². The van der Waals surface area contributed by atoms with E-state index in [-0.39, 0.29) is 0 Å². The Morgan fingerprint density at radius 1 is 0.500 bits per heavy atom. The highest BCUT2D eigenvalue weighted by molar-refractivity contribution is 8.18. The number of anilines is 2. The minimum atomic E-state index is -1.50. The van der Waals surface area contributed by atoms with Crippen LogP contribution in [0.3, 0.4) is 0 Å². The Kier molecular flexibility index (Phi) is 10.4. The maximum absolute atomic E-state index is 5.89. The van der Waals surface area contributed by atoms with Crippen molar-refractivity contribution in [1.82, 2.24) is 0 Å². The first-order valence-corrected chi connectivity index (χ1v) is 16.8. The fraction of sp³-hybridized carbons (Fsp3) is 0. The van der Waals surface area contributed by atoms with Crippen molar-refractivity contribution in [3.8, 4) is 0 Å². The van der Waals surface area contributed by atoms with Crippen molar-refractivity contribution in [1.29, 1.82) is 0 Å². The van der Waals surface area contributed by atoms with Crippen molar-refractivity contribution >= 4 is 128 Å². The van der Waals surface area contributed by atoms with Crippen LogP contribution >= 0.6 is 117 Å². The second-order valence-electron chi connectivity index (χ2n) is 2.96. The highest BCUT2D eigenvalue weighted by Crippen LogP contribution is 2.70. The van der Waals surface area contributed by atoms with Crippen molar-refractivity contribution in [2.24, 2.45) is 0 Å². The predicted octanol–water partition coefficient (Wildman–Crippen LogP) is 10.1. The van der Waals surface area contributed by atoms with Crippen LogP contribution in [0.5, 0.6) is 0 Å². The fourth-order valence-corrected chi connectivity index (χ4v) is 12.7. The first-order valence-electron chi connectivity index (χ1n) is 4.42. The first kappa shape index (κ1) is 20.9. The van der Waals surface area contributed by atoms with E-state index >= 15 is 0 Å². The van der Waals surface area contributed by atoms with Crippen LogP contribution in [-0.4, -0.2) is 0 Å². The van der Waals surface area contributed by atoms with E-state index in [4.69, 9.17) is 89.9 Å². The van der Waals surface area contributed by atoms with E-state index < -0.39 is 27.1 Å². The lowest BCUT2D eigenvalue weighted by atomic mass is 10.3. The fourth-order valence-electron chi connectivity index (χ4n) is 1.17. The van der Waals surface area contributed by atoms with Gasteiger partial charge in [-0.3, -0.25) is 8.88 Å². The van der Waals surface area contributed by atoms with E-state index in [0.29, 0.717) is 11.4 Å². The van der Waals surface area contributed by atoms with Crippen LogP contribution in [0.15, 0.2) is 24.3 Å². The zero-order valence-electron chi connectivity index (χ0n) is 9.02. The van der Waals surface area contributed by atoms with Gasteiger partial charge in [0.25, 0.3) is 0 Å². The Balaban J connectivity index is 3.03. The van der Waals surface area contributed by atoms with Crippen LogP contribution < -0.4 is 8.88 Å².